The molecule has 0 aliphatic carbocycles. The van der Waals surface area contributed by atoms with Crippen LogP contribution in [0.2, 0.25) is 0 Å². The van der Waals surface area contributed by atoms with Gasteiger partial charge in [-0.3, -0.25) is 4.79 Å². The summed E-state index contributed by atoms with van der Waals surface area (Å²) in [5.74, 6) is -0.433. The molecule has 2 rings (SSSR count). The lowest BCUT2D eigenvalue weighted by molar-refractivity contribution is 0.0988. The van der Waals surface area contributed by atoms with Crippen LogP contribution in [0.1, 0.15) is 16.1 Å². The van der Waals surface area contributed by atoms with Crippen LogP contribution in [-0.4, -0.2) is 15.3 Å². The van der Waals surface area contributed by atoms with Crippen molar-refractivity contribution in [2.45, 2.75) is 6.42 Å². The first-order valence-corrected chi connectivity index (χ1v) is 4.91. The largest absolute Gasteiger partial charge is 0.340 e. The predicted molar refractivity (Wildman–Crippen MR) is 57.6 cm³/mol. The summed E-state index contributed by atoms with van der Waals surface area (Å²) >= 11 is 0. The van der Waals surface area contributed by atoms with E-state index in [1.807, 2.05) is 0 Å². The van der Waals surface area contributed by atoms with Gasteiger partial charge < -0.3 is 4.57 Å². The van der Waals surface area contributed by atoms with E-state index >= 15 is 0 Å². The van der Waals surface area contributed by atoms with Crippen molar-refractivity contribution in [2.24, 2.45) is 7.05 Å². The minimum atomic E-state index is -0.327. The number of Topliss-reactive ketones (excluding diaryl/α,β-unsaturated/α-hetero) is 1. The fraction of sp³-hybridized carbons (Fsp3) is 0.167. The summed E-state index contributed by atoms with van der Waals surface area (Å²) in [5, 5.41) is 0. The van der Waals surface area contributed by atoms with Gasteiger partial charge in [-0.1, -0.05) is 12.1 Å². The average molecular weight is 218 g/mol. The van der Waals surface area contributed by atoms with Gasteiger partial charge in [0.05, 0.1) is 6.33 Å². The first-order valence-electron chi connectivity index (χ1n) is 4.91. The first kappa shape index (κ1) is 10.5. The van der Waals surface area contributed by atoms with Gasteiger partial charge in [0, 0.05) is 19.7 Å². The molecule has 4 heteroatoms. The van der Waals surface area contributed by atoms with Gasteiger partial charge in [-0.15, -0.1) is 0 Å². The van der Waals surface area contributed by atoms with Crippen molar-refractivity contribution in [2.75, 3.05) is 0 Å². The van der Waals surface area contributed by atoms with Crippen LogP contribution in [0.15, 0.2) is 36.8 Å². The minimum absolute atomic E-state index is 0.105. The third kappa shape index (κ3) is 2.34. The lowest BCUT2D eigenvalue weighted by Gasteiger charge is -1.98. The fourth-order valence-corrected chi connectivity index (χ4v) is 1.48. The molecule has 0 saturated carbocycles. The number of aryl methyl sites for hydroxylation is 1. The number of ketones is 1. The van der Waals surface area contributed by atoms with E-state index in [0.29, 0.717) is 11.3 Å². The number of carbonyl (C=O) groups is 1. The summed E-state index contributed by atoms with van der Waals surface area (Å²) in [6.07, 6.45) is 3.40. The number of halogens is 1. The molecule has 0 saturated heterocycles. The summed E-state index contributed by atoms with van der Waals surface area (Å²) in [4.78, 5) is 15.7. The molecule has 0 atom stereocenters. The number of rotatable bonds is 3. The second-order valence-corrected chi connectivity index (χ2v) is 3.65. The lowest BCUT2D eigenvalue weighted by Crippen LogP contribution is -2.04. The van der Waals surface area contributed by atoms with Crippen molar-refractivity contribution < 1.29 is 9.18 Å². The standard InChI is InChI=1S/C12H11FN2O/c1-15-7-11(14-8-15)12(16)6-9-3-2-4-10(13)5-9/h2-5,7-8H,6H2,1H3. The normalized spacial score (nSPS) is 10.4. The Morgan fingerprint density at radius 2 is 2.31 bits per heavy atom. The van der Waals surface area contributed by atoms with Crippen LogP contribution in [0.3, 0.4) is 0 Å². The van der Waals surface area contributed by atoms with Gasteiger partial charge in [-0.25, -0.2) is 9.37 Å². The van der Waals surface area contributed by atoms with E-state index in [2.05, 4.69) is 4.98 Å². The molecule has 1 aromatic carbocycles. The first-order chi connectivity index (χ1) is 7.65. The quantitative estimate of drug-likeness (QED) is 0.738. The molecule has 16 heavy (non-hydrogen) atoms. The molecule has 0 spiro atoms. The molecule has 0 radical (unpaired) electrons. The van der Waals surface area contributed by atoms with E-state index in [4.69, 9.17) is 0 Å². The molecule has 1 aromatic heterocycles. The molecule has 3 nitrogen and oxygen atoms in total. The van der Waals surface area contributed by atoms with Gasteiger partial charge in [0.2, 0.25) is 0 Å². The van der Waals surface area contributed by atoms with E-state index in [0.717, 1.165) is 0 Å². The summed E-state index contributed by atoms with van der Waals surface area (Å²) in [6, 6.07) is 6.04. The zero-order valence-corrected chi connectivity index (χ0v) is 8.85. The van der Waals surface area contributed by atoms with E-state index in [9.17, 15) is 9.18 Å². The van der Waals surface area contributed by atoms with E-state index < -0.39 is 0 Å². The molecule has 2 aromatic rings. The molecule has 82 valence electrons. The van der Waals surface area contributed by atoms with Crippen LogP contribution < -0.4 is 0 Å². The molecule has 1 heterocycles. The number of imidazole rings is 1. The Labute approximate surface area is 92.5 Å². The second-order valence-electron chi connectivity index (χ2n) is 3.65. The van der Waals surface area contributed by atoms with Crippen molar-refractivity contribution in [1.29, 1.82) is 0 Å². The maximum absolute atomic E-state index is 12.9. The highest BCUT2D eigenvalue weighted by Crippen LogP contribution is 2.07. The van der Waals surface area contributed by atoms with Crippen molar-refractivity contribution >= 4 is 5.78 Å². The minimum Gasteiger partial charge on any atom is -0.340 e. The van der Waals surface area contributed by atoms with Gasteiger partial charge in [0.15, 0.2) is 5.78 Å². The van der Waals surface area contributed by atoms with Crippen molar-refractivity contribution in [3.8, 4) is 0 Å². The molecule has 0 N–H and O–H groups in total. The van der Waals surface area contributed by atoms with Gasteiger partial charge in [0.25, 0.3) is 0 Å². The number of nitrogens with zero attached hydrogens (tertiary/aromatic N) is 2. The Kier molecular flexibility index (Phi) is 2.81. The zero-order valence-electron chi connectivity index (χ0n) is 8.85. The van der Waals surface area contributed by atoms with Crippen molar-refractivity contribution in [3.63, 3.8) is 0 Å². The summed E-state index contributed by atoms with van der Waals surface area (Å²) in [6.45, 7) is 0. The summed E-state index contributed by atoms with van der Waals surface area (Å²) in [5.41, 5.74) is 1.07. The number of carbonyl (C=O) groups excluding carboxylic acids is 1. The van der Waals surface area contributed by atoms with E-state index in [1.165, 1.54) is 12.1 Å². The van der Waals surface area contributed by atoms with Crippen LogP contribution in [0.25, 0.3) is 0 Å². The molecule has 0 amide bonds. The van der Waals surface area contributed by atoms with Crippen molar-refractivity contribution in [3.05, 3.63) is 53.9 Å². The molecule has 0 aliphatic rings. The molecule has 0 unspecified atom stereocenters. The molecule has 0 aliphatic heterocycles. The third-order valence-electron chi connectivity index (χ3n) is 2.24. The number of aromatic nitrogens is 2. The zero-order chi connectivity index (χ0) is 11.5. The van der Waals surface area contributed by atoms with Gasteiger partial charge >= 0.3 is 0 Å². The fourth-order valence-electron chi connectivity index (χ4n) is 1.48. The maximum Gasteiger partial charge on any atom is 0.187 e. The van der Waals surface area contributed by atoms with Crippen LogP contribution in [-0.2, 0) is 13.5 Å². The summed E-state index contributed by atoms with van der Waals surface area (Å²) in [7, 11) is 1.80. The average Bonchev–Trinajstić information content (AvgIpc) is 2.65. The van der Waals surface area contributed by atoms with Gasteiger partial charge in [0.1, 0.15) is 11.5 Å². The monoisotopic (exact) mass is 218 g/mol. The Morgan fingerprint density at radius 1 is 1.50 bits per heavy atom. The predicted octanol–water partition coefficient (Wildman–Crippen LogP) is 1.98. The Morgan fingerprint density at radius 3 is 2.94 bits per heavy atom. The molecular formula is C12H11FN2O. The van der Waals surface area contributed by atoms with Gasteiger partial charge in [-0.2, -0.15) is 0 Å². The van der Waals surface area contributed by atoms with Crippen LogP contribution in [0, 0.1) is 5.82 Å². The van der Waals surface area contributed by atoms with Gasteiger partial charge in [-0.05, 0) is 17.7 Å². The lowest BCUT2D eigenvalue weighted by atomic mass is 10.1. The highest BCUT2D eigenvalue weighted by atomic mass is 19.1. The number of hydrogen-bond donors (Lipinski definition) is 0. The Hall–Kier alpha value is -1.97. The topological polar surface area (TPSA) is 34.9 Å². The van der Waals surface area contributed by atoms with E-state index in [-0.39, 0.29) is 18.0 Å². The van der Waals surface area contributed by atoms with Crippen LogP contribution in [0.5, 0.6) is 0 Å². The number of hydrogen-bond acceptors (Lipinski definition) is 2. The second kappa shape index (κ2) is 4.26. The molecular weight excluding hydrogens is 207 g/mol. The molecule has 0 fully saturated rings. The van der Waals surface area contributed by atoms with Crippen molar-refractivity contribution in [1.82, 2.24) is 9.55 Å². The highest BCUT2D eigenvalue weighted by Gasteiger charge is 2.09. The summed E-state index contributed by atoms with van der Waals surface area (Å²) < 4.78 is 14.6. The maximum atomic E-state index is 12.9. The molecule has 0 bridgehead atoms. The van der Waals surface area contributed by atoms with Crippen LogP contribution >= 0.6 is 0 Å². The Bertz CT molecular complexity index is 519. The van der Waals surface area contributed by atoms with E-state index in [1.54, 1.807) is 36.3 Å². The highest BCUT2D eigenvalue weighted by molar-refractivity contribution is 5.95. The smallest absolute Gasteiger partial charge is 0.187 e. The Balaban J connectivity index is 2.13. The van der Waals surface area contributed by atoms with Crippen LogP contribution in [0.4, 0.5) is 4.39 Å². The third-order valence-corrected chi connectivity index (χ3v) is 2.24. The number of benzene rings is 1. The SMILES string of the molecule is Cn1cnc(C(=O)Cc2cccc(F)c2)c1.